The molecule has 0 aliphatic carbocycles. The Balaban J connectivity index is 2.75. The van der Waals surface area contributed by atoms with Crippen LogP contribution < -0.4 is 5.32 Å². The van der Waals surface area contributed by atoms with E-state index >= 15 is 0 Å². The maximum absolute atomic E-state index is 12.2. The first kappa shape index (κ1) is 16.3. The largest absolute Gasteiger partial charge is 0.465 e. The Kier molecular flexibility index (Phi) is 6.31. The second-order valence-corrected chi connectivity index (χ2v) is 4.84. The Morgan fingerprint density at radius 1 is 1.35 bits per heavy atom. The number of nitrogens with one attached hydrogen (secondary N) is 1. The lowest BCUT2D eigenvalue weighted by Gasteiger charge is -2.26. The quantitative estimate of drug-likeness (QED) is 0.850. The van der Waals surface area contributed by atoms with Gasteiger partial charge in [-0.05, 0) is 32.9 Å². The van der Waals surface area contributed by atoms with Gasteiger partial charge in [0, 0.05) is 6.04 Å². The molecule has 0 unspecified atom stereocenters. The van der Waals surface area contributed by atoms with Gasteiger partial charge in [-0.25, -0.2) is 4.79 Å². The summed E-state index contributed by atoms with van der Waals surface area (Å²) in [5, 5.41) is 3.13. The van der Waals surface area contributed by atoms with Gasteiger partial charge in [0.15, 0.2) is 0 Å². The number of esters is 1. The average molecular weight is 299 g/mol. The van der Waals surface area contributed by atoms with Crippen LogP contribution in [0.5, 0.6) is 0 Å². The van der Waals surface area contributed by atoms with Gasteiger partial charge in [0.05, 0.1) is 17.3 Å². The molecule has 0 aliphatic rings. The zero-order valence-electron chi connectivity index (χ0n) is 11.9. The second kappa shape index (κ2) is 7.75. The Hall–Kier alpha value is -1.75. The number of ether oxygens (including phenoxy) is 1. The van der Waals surface area contributed by atoms with Crippen molar-refractivity contribution < 1.29 is 14.3 Å². The molecule has 0 spiro atoms. The summed E-state index contributed by atoms with van der Waals surface area (Å²) in [6.45, 7) is 5.57. The lowest BCUT2D eigenvalue weighted by molar-refractivity contribution is -0.144. The van der Waals surface area contributed by atoms with Crippen molar-refractivity contribution in [1.82, 2.24) is 4.90 Å². The normalized spacial score (nSPS) is 10.2. The van der Waals surface area contributed by atoms with Crippen molar-refractivity contribution in [3.05, 3.63) is 29.3 Å². The number of nitrogens with zero attached hydrogens (tertiary/aromatic N) is 1. The Morgan fingerprint density at radius 2 is 2.00 bits per heavy atom. The first-order valence-corrected chi connectivity index (χ1v) is 6.81. The number of halogens is 1. The summed E-state index contributed by atoms with van der Waals surface area (Å²) in [6, 6.07) is 6.40. The van der Waals surface area contributed by atoms with Gasteiger partial charge in [-0.2, -0.15) is 0 Å². The molecular formula is C14H19ClN2O3. The zero-order chi connectivity index (χ0) is 15.1. The molecule has 6 heteroatoms. The molecule has 0 saturated heterocycles. The molecule has 0 radical (unpaired) electrons. The third-order valence-corrected chi connectivity index (χ3v) is 2.93. The van der Waals surface area contributed by atoms with Crippen molar-refractivity contribution in [2.75, 3.05) is 18.5 Å². The Labute approximate surface area is 123 Å². The van der Waals surface area contributed by atoms with Crippen molar-refractivity contribution in [1.29, 1.82) is 0 Å². The number of amides is 2. The molecule has 0 bridgehead atoms. The predicted octanol–water partition coefficient (Wildman–Crippen LogP) is 3.15. The molecule has 1 aromatic rings. The molecule has 0 aromatic heterocycles. The molecule has 0 aliphatic heterocycles. The summed E-state index contributed by atoms with van der Waals surface area (Å²) in [7, 11) is 0. The Bertz CT molecular complexity index is 477. The van der Waals surface area contributed by atoms with E-state index < -0.39 is 5.97 Å². The van der Waals surface area contributed by atoms with Gasteiger partial charge in [0.25, 0.3) is 0 Å². The van der Waals surface area contributed by atoms with Crippen molar-refractivity contribution >= 4 is 29.3 Å². The van der Waals surface area contributed by atoms with Gasteiger partial charge in [0.2, 0.25) is 0 Å². The zero-order valence-corrected chi connectivity index (χ0v) is 12.6. The van der Waals surface area contributed by atoms with Crippen LogP contribution >= 0.6 is 11.6 Å². The highest BCUT2D eigenvalue weighted by Gasteiger charge is 2.21. The van der Waals surface area contributed by atoms with E-state index in [0.717, 1.165) is 0 Å². The van der Waals surface area contributed by atoms with Gasteiger partial charge in [0.1, 0.15) is 6.54 Å². The molecule has 0 heterocycles. The molecule has 1 rings (SSSR count). The van der Waals surface area contributed by atoms with Gasteiger partial charge in [-0.3, -0.25) is 4.79 Å². The molecule has 1 aromatic carbocycles. The fraction of sp³-hybridized carbons (Fsp3) is 0.429. The van der Waals surface area contributed by atoms with Crippen LogP contribution in [0.25, 0.3) is 0 Å². The van der Waals surface area contributed by atoms with Crippen molar-refractivity contribution in [2.24, 2.45) is 0 Å². The van der Waals surface area contributed by atoms with Crippen molar-refractivity contribution in [2.45, 2.75) is 26.8 Å². The van der Waals surface area contributed by atoms with Crippen LogP contribution in [0.4, 0.5) is 10.5 Å². The summed E-state index contributed by atoms with van der Waals surface area (Å²) >= 11 is 5.98. The summed E-state index contributed by atoms with van der Waals surface area (Å²) in [5.41, 5.74) is 0.508. The van der Waals surface area contributed by atoms with Crippen molar-refractivity contribution in [3.8, 4) is 0 Å². The smallest absolute Gasteiger partial charge is 0.325 e. The Morgan fingerprint density at radius 3 is 2.55 bits per heavy atom. The average Bonchev–Trinajstić information content (AvgIpc) is 2.38. The van der Waals surface area contributed by atoms with E-state index in [-0.39, 0.29) is 25.2 Å². The molecule has 110 valence electrons. The first-order chi connectivity index (χ1) is 9.45. The number of anilines is 1. The number of carbonyl (C=O) groups is 2. The number of urea groups is 1. The topological polar surface area (TPSA) is 58.6 Å². The third-order valence-electron chi connectivity index (χ3n) is 2.60. The van der Waals surface area contributed by atoms with E-state index in [4.69, 9.17) is 16.3 Å². The third kappa shape index (κ3) is 4.74. The minimum Gasteiger partial charge on any atom is -0.465 e. The molecule has 0 saturated carbocycles. The number of para-hydroxylation sites is 1. The molecule has 2 amide bonds. The number of benzene rings is 1. The second-order valence-electron chi connectivity index (χ2n) is 4.44. The lowest BCUT2D eigenvalue weighted by Crippen LogP contribution is -2.43. The van der Waals surface area contributed by atoms with Crippen LogP contribution in [0.3, 0.4) is 0 Å². The number of carbonyl (C=O) groups excluding carboxylic acids is 2. The highest BCUT2D eigenvalue weighted by molar-refractivity contribution is 6.33. The summed E-state index contributed by atoms with van der Waals surface area (Å²) < 4.78 is 4.86. The van der Waals surface area contributed by atoms with E-state index in [9.17, 15) is 9.59 Å². The molecule has 5 nitrogen and oxygen atoms in total. The van der Waals surface area contributed by atoms with E-state index in [1.807, 2.05) is 13.8 Å². The van der Waals surface area contributed by atoms with Gasteiger partial charge in [-0.15, -0.1) is 0 Å². The van der Waals surface area contributed by atoms with Crippen LogP contribution in [-0.2, 0) is 9.53 Å². The van der Waals surface area contributed by atoms with Crippen LogP contribution in [0.2, 0.25) is 5.02 Å². The van der Waals surface area contributed by atoms with E-state index in [1.54, 1.807) is 31.2 Å². The number of hydrogen-bond donors (Lipinski definition) is 1. The molecule has 20 heavy (non-hydrogen) atoms. The van der Waals surface area contributed by atoms with Gasteiger partial charge >= 0.3 is 12.0 Å². The summed E-state index contributed by atoms with van der Waals surface area (Å²) in [6.07, 6.45) is 0. The molecular weight excluding hydrogens is 280 g/mol. The monoisotopic (exact) mass is 298 g/mol. The van der Waals surface area contributed by atoms with Crippen LogP contribution in [0.15, 0.2) is 24.3 Å². The van der Waals surface area contributed by atoms with Gasteiger partial charge in [-0.1, -0.05) is 23.7 Å². The highest BCUT2D eigenvalue weighted by atomic mass is 35.5. The number of hydrogen-bond acceptors (Lipinski definition) is 3. The molecule has 1 N–H and O–H groups in total. The van der Waals surface area contributed by atoms with E-state index in [2.05, 4.69) is 5.32 Å². The first-order valence-electron chi connectivity index (χ1n) is 6.43. The summed E-state index contributed by atoms with van der Waals surface area (Å²) in [4.78, 5) is 25.1. The maximum atomic E-state index is 12.2. The van der Waals surface area contributed by atoms with Crippen LogP contribution in [0.1, 0.15) is 20.8 Å². The van der Waals surface area contributed by atoms with Crippen LogP contribution in [0, 0.1) is 0 Å². The fourth-order valence-electron chi connectivity index (χ4n) is 1.58. The van der Waals surface area contributed by atoms with Crippen LogP contribution in [-0.4, -0.2) is 36.1 Å². The maximum Gasteiger partial charge on any atom is 0.325 e. The lowest BCUT2D eigenvalue weighted by atomic mass is 10.3. The standard InChI is InChI=1S/C14H19ClN2O3/c1-4-20-13(18)9-17(10(2)3)14(19)16-12-8-6-5-7-11(12)15/h5-8,10H,4,9H2,1-3H3,(H,16,19). The van der Waals surface area contributed by atoms with Gasteiger partial charge < -0.3 is 15.0 Å². The van der Waals surface area contributed by atoms with Crippen molar-refractivity contribution in [3.63, 3.8) is 0 Å². The predicted molar refractivity (Wildman–Crippen MR) is 78.9 cm³/mol. The fourth-order valence-corrected chi connectivity index (χ4v) is 1.77. The van der Waals surface area contributed by atoms with E-state index in [1.165, 1.54) is 4.90 Å². The minimum absolute atomic E-state index is 0.0954. The minimum atomic E-state index is -0.435. The highest BCUT2D eigenvalue weighted by Crippen LogP contribution is 2.21. The SMILES string of the molecule is CCOC(=O)CN(C(=O)Nc1ccccc1Cl)C(C)C. The number of rotatable bonds is 5. The van der Waals surface area contributed by atoms with E-state index in [0.29, 0.717) is 10.7 Å². The summed E-state index contributed by atoms with van der Waals surface area (Å²) in [5.74, 6) is -0.435. The molecule has 0 fully saturated rings. The molecule has 0 atom stereocenters.